The van der Waals surface area contributed by atoms with E-state index in [2.05, 4.69) is 10.3 Å². The molecule has 1 atom stereocenters. The minimum absolute atomic E-state index is 0.114. The van der Waals surface area contributed by atoms with Crippen LogP contribution in [0.15, 0.2) is 48.8 Å². The second-order valence-electron chi connectivity index (χ2n) is 4.27. The van der Waals surface area contributed by atoms with E-state index in [0.29, 0.717) is 12.1 Å². The van der Waals surface area contributed by atoms with Crippen molar-refractivity contribution < 1.29 is 4.92 Å². The predicted octanol–water partition coefficient (Wildman–Crippen LogP) is 2.84. The summed E-state index contributed by atoms with van der Waals surface area (Å²) in [4.78, 5) is 14.5. The summed E-state index contributed by atoms with van der Waals surface area (Å²) >= 11 is 0. The minimum atomic E-state index is -0.353. The Hall–Kier alpha value is -2.27. The largest absolute Gasteiger partial charge is 0.306 e. The fourth-order valence-corrected chi connectivity index (χ4v) is 1.87. The minimum Gasteiger partial charge on any atom is -0.306 e. The van der Waals surface area contributed by atoms with Crippen molar-refractivity contribution in [2.75, 3.05) is 0 Å². The van der Waals surface area contributed by atoms with E-state index >= 15 is 0 Å². The molecule has 2 rings (SSSR count). The molecule has 0 radical (unpaired) electrons. The molecule has 1 aromatic heterocycles. The van der Waals surface area contributed by atoms with Crippen LogP contribution in [-0.4, -0.2) is 9.91 Å². The molecule has 0 spiro atoms. The van der Waals surface area contributed by atoms with Crippen molar-refractivity contribution >= 4 is 5.69 Å². The SMILES string of the molecule is C[C@@H](NCc1ccccc1[N+](=O)[O-])c1ccncc1. The van der Waals surface area contributed by atoms with Gasteiger partial charge in [-0.05, 0) is 24.6 Å². The van der Waals surface area contributed by atoms with Crippen LogP contribution in [0.1, 0.15) is 24.1 Å². The van der Waals surface area contributed by atoms with Gasteiger partial charge in [-0.1, -0.05) is 18.2 Å². The summed E-state index contributed by atoms with van der Waals surface area (Å²) in [6, 6.07) is 10.7. The van der Waals surface area contributed by atoms with E-state index in [-0.39, 0.29) is 16.7 Å². The number of benzene rings is 1. The molecule has 1 aromatic carbocycles. The zero-order valence-corrected chi connectivity index (χ0v) is 10.6. The molecular weight excluding hydrogens is 242 g/mol. The molecule has 0 saturated heterocycles. The van der Waals surface area contributed by atoms with Crippen molar-refractivity contribution in [1.82, 2.24) is 10.3 Å². The lowest BCUT2D eigenvalue weighted by Crippen LogP contribution is -2.18. The van der Waals surface area contributed by atoms with E-state index in [9.17, 15) is 10.1 Å². The summed E-state index contributed by atoms with van der Waals surface area (Å²) in [5, 5.41) is 14.2. The Morgan fingerprint density at radius 3 is 2.63 bits per heavy atom. The van der Waals surface area contributed by atoms with Crippen molar-refractivity contribution in [2.24, 2.45) is 0 Å². The number of nitrogens with zero attached hydrogens (tertiary/aromatic N) is 2. The van der Waals surface area contributed by atoms with Crippen molar-refractivity contribution in [3.8, 4) is 0 Å². The van der Waals surface area contributed by atoms with Gasteiger partial charge in [-0.15, -0.1) is 0 Å². The predicted molar refractivity (Wildman–Crippen MR) is 72.6 cm³/mol. The first-order chi connectivity index (χ1) is 9.18. The first-order valence-corrected chi connectivity index (χ1v) is 6.04. The van der Waals surface area contributed by atoms with Crippen LogP contribution in [0, 0.1) is 10.1 Å². The lowest BCUT2D eigenvalue weighted by molar-refractivity contribution is -0.385. The molecule has 0 saturated carbocycles. The summed E-state index contributed by atoms with van der Waals surface area (Å²) in [6.45, 7) is 2.48. The van der Waals surface area contributed by atoms with Crippen LogP contribution in [0.5, 0.6) is 0 Å². The highest BCUT2D eigenvalue weighted by molar-refractivity contribution is 5.39. The monoisotopic (exact) mass is 257 g/mol. The zero-order chi connectivity index (χ0) is 13.7. The number of hydrogen-bond donors (Lipinski definition) is 1. The van der Waals surface area contributed by atoms with E-state index in [1.807, 2.05) is 19.1 Å². The molecule has 0 aliphatic heterocycles. The molecule has 1 heterocycles. The second-order valence-corrected chi connectivity index (χ2v) is 4.27. The van der Waals surface area contributed by atoms with Crippen LogP contribution in [-0.2, 0) is 6.54 Å². The lowest BCUT2D eigenvalue weighted by atomic mass is 10.1. The van der Waals surface area contributed by atoms with Gasteiger partial charge < -0.3 is 5.32 Å². The van der Waals surface area contributed by atoms with E-state index in [1.165, 1.54) is 6.07 Å². The number of hydrogen-bond acceptors (Lipinski definition) is 4. The Morgan fingerprint density at radius 1 is 1.26 bits per heavy atom. The number of rotatable bonds is 5. The van der Waals surface area contributed by atoms with Crippen molar-refractivity contribution in [3.63, 3.8) is 0 Å². The van der Waals surface area contributed by atoms with E-state index in [1.54, 1.807) is 30.6 Å². The third-order valence-electron chi connectivity index (χ3n) is 2.99. The molecule has 2 aromatic rings. The number of para-hydroxylation sites is 1. The highest BCUT2D eigenvalue weighted by Crippen LogP contribution is 2.19. The van der Waals surface area contributed by atoms with Crippen LogP contribution in [0.3, 0.4) is 0 Å². The van der Waals surface area contributed by atoms with Crippen molar-refractivity contribution in [2.45, 2.75) is 19.5 Å². The number of pyridine rings is 1. The number of aromatic nitrogens is 1. The van der Waals surface area contributed by atoms with Crippen LogP contribution in [0.2, 0.25) is 0 Å². The summed E-state index contributed by atoms with van der Waals surface area (Å²) in [7, 11) is 0. The normalized spacial score (nSPS) is 12.1. The van der Waals surface area contributed by atoms with Crippen LogP contribution >= 0.6 is 0 Å². The van der Waals surface area contributed by atoms with Crippen LogP contribution in [0.4, 0.5) is 5.69 Å². The molecule has 5 heteroatoms. The Kier molecular flexibility index (Phi) is 4.20. The fraction of sp³-hybridized carbons (Fsp3) is 0.214. The third-order valence-corrected chi connectivity index (χ3v) is 2.99. The molecule has 5 nitrogen and oxygen atoms in total. The van der Waals surface area contributed by atoms with E-state index < -0.39 is 0 Å². The van der Waals surface area contributed by atoms with Gasteiger partial charge in [0.1, 0.15) is 0 Å². The maximum absolute atomic E-state index is 10.9. The molecule has 1 N–H and O–H groups in total. The number of nitro groups is 1. The average Bonchev–Trinajstić information content (AvgIpc) is 2.46. The van der Waals surface area contributed by atoms with Gasteiger partial charge in [0.25, 0.3) is 5.69 Å². The third kappa shape index (κ3) is 3.35. The molecular formula is C14H15N3O2. The Bertz CT molecular complexity index is 558. The van der Waals surface area contributed by atoms with Crippen LogP contribution in [0.25, 0.3) is 0 Å². The fourth-order valence-electron chi connectivity index (χ4n) is 1.87. The van der Waals surface area contributed by atoms with Gasteiger partial charge in [0, 0.05) is 36.6 Å². The van der Waals surface area contributed by atoms with Gasteiger partial charge in [0.15, 0.2) is 0 Å². The van der Waals surface area contributed by atoms with E-state index in [4.69, 9.17) is 0 Å². The summed E-state index contributed by atoms with van der Waals surface area (Å²) in [5.74, 6) is 0. The molecule has 19 heavy (non-hydrogen) atoms. The van der Waals surface area contributed by atoms with Gasteiger partial charge >= 0.3 is 0 Å². The van der Waals surface area contributed by atoms with Gasteiger partial charge in [-0.2, -0.15) is 0 Å². The van der Waals surface area contributed by atoms with E-state index in [0.717, 1.165) is 5.56 Å². The molecule has 0 fully saturated rings. The average molecular weight is 257 g/mol. The second kappa shape index (κ2) is 6.06. The number of nitrogens with one attached hydrogen (secondary N) is 1. The van der Waals surface area contributed by atoms with Crippen LogP contribution < -0.4 is 5.32 Å². The molecule has 0 aliphatic rings. The molecule has 98 valence electrons. The summed E-state index contributed by atoms with van der Waals surface area (Å²) in [6.07, 6.45) is 3.47. The molecule has 0 bridgehead atoms. The lowest BCUT2D eigenvalue weighted by Gasteiger charge is -2.14. The molecule has 0 unspecified atom stereocenters. The first kappa shape index (κ1) is 13.2. The first-order valence-electron chi connectivity index (χ1n) is 6.04. The van der Waals surface area contributed by atoms with Gasteiger partial charge in [-0.25, -0.2) is 0 Å². The molecule has 0 aliphatic carbocycles. The highest BCUT2D eigenvalue weighted by Gasteiger charge is 2.13. The Labute approximate surface area is 111 Å². The smallest absolute Gasteiger partial charge is 0.273 e. The maximum Gasteiger partial charge on any atom is 0.273 e. The van der Waals surface area contributed by atoms with Gasteiger partial charge in [0.2, 0.25) is 0 Å². The zero-order valence-electron chi connectivity index (χ0n) is 10.6. The maximum atomic E-state index is 10.9. The van der Waals surface area contributed by atoms with Gasteiger partial charge in [-0.3, -0.25) is 15.1 Å². The standard InChI is InChI=1S/C14H15N3O2/c1-11(12-6-8-15-9-7-12)16-10-13-4-2-3-5-14(13)17(18)19/h2-9,11,16H,10H2,1H3/t11-/m1/s1. The molecule has 0 amide bonds. The number of nitro benzene ring substituents is 1. The topological polar surface area (TPSA) is 68.1 Å². The Morgan fingerprint density at radius 2 is 1.95 bits per heavy atom. The summed E-state index contributed by atoms with van der Waals surface area (Å²) in [5.41, 5.74) is 1.94. The van der Waals surface area contributed by atoms with Crippen molar-refractivity contribution in [3.05, 3.63) is 70.0 Å². The van der Waals surface area contributed by atoms with Gasteiger partial charge in [0.05, 0.1) is 4.92 Å². The summed E-state index contributed by atoms with van der Waals surface area (Å²) < 4.78 is 0. The Balaban J connectivity index is 2.05. The highest BCUT2D eigenvalue weighted by atomic mass is 16.6. The van der Waals surface area contributed by atoms with Crippen molar-refractivity contribution in [1.29, 1.82) is 0 Å². The quantitative estimate of drug-likeness (QED) is 0.660.